The summed E-state index contributed by atoms with van der Waals surface area (Å²) in [6, 6.07) is 0.269. The van der Waals surface area contributed by atoms with E-state index in [9.17, 15) is 4.79 Å². The second-order valence-corrected chi connectivity index (χ2v) is 5.88. The largest absolute Gasteiger partial charge is 0.338 e. The standard InChI is InChI=1S/C14H27N3O/c1-3-11(2)13(15)14(18)17-9-8-16-7-5-4-6-12(16)10-17/h11-13H,3-10,15H2,1-2H3/t11?,12?,13-/m0/s1. The molecule has 3 atom stereocenters. The third-order valence-corrected chi connectivity index (χ3v) is 4.69. The van der Waals surface area contributed by atoms with Gasteiger partial charge in [0.2, 0.25) is 5.91 Å². The lowest BCUT2D eigenvalue weighted by Gasteiger charge is -2.44. The molecule has 0 bridgehead atoms. The van der Waals surface area contributed by atoms with E-state index >= 15 is 0 Å². The summed E-state index contributed by atoms with van der Waals surface area (Å²) < 4.78 is 0. The van der Waals surface area contributed by atoms with Gasteiger partial charge in [-0.05, 0) is 25.3 Å². The third-order valence-electron chi connectivity index (χ3n) is 4.69. The number of piperazine rings is 1. The zero-order valence-electron chi connectivity index (χ0n) is 11.8. The summed E-state index contributed by atoms with van der Waals surface area (Å²) in [5.41, 5.74) is 6.07. The van der Waals surface area contributed by atoms with Crippen molar-refractivity contribution in [1.29, 1.82) is 0 Å². The predicted octanol–water partition coefficient (Wildman–Crippen LogP) is 1.06. The Morgan fingerprint density at radius 3 is 2.83 bits per heavy atom. The van der Waals surface area contributed by atoms with Crippen LogP contribution < -0.4 is 5.73 Å². The maximum atomic E-state index is 12.4. The first-order valence-corrected chi connectivity index (χ1v) is 7.42. The molecule has 2 rings (SSSR count). The summed E-state index contributed by atoms with van der Waals surface area (Å²) in [6.45, 7) is 8.16. The third kappa shape index (κ3) is 2.86. The van der Waals surface area contributed by atoms with Crippen LogP contribution in [0.25, 0.3) is 0 Å². The highest BCUT2D eigenvalue weighted by atomic mass is 16.2. The summed E-state index contributed by atoms with van der Waals surface area (Å²) in [4.78, 5) is 16.9. The van der Waals surface area contributed by atoms with Crippen molar-refractivity contribution in [2.45, 2.75) is 51.6 Å². The molecule has 4 heteroatoms. The summed E-state index contributed by atoms with van der Waals surface area (Å²) in [5.74, 6) is 0.441. The molecule has 2 fully saturated rings. The van der Waals surface area contributed by atoms with Gasteiger partial charge in [-0.1, -0.05) is 26.7 Å². The number of fused-ring (bicyclic) bond motifs is 1. The minimum atomic E-state index is -0.315. The van der Waals surface area contributed by atoms with E-state index in [0.717, 1.165) is 26.1 Å². The average Bonchev–Trinajstić information content (AvgIpc) is 2.44. The van der Waals surface area contributed by atoms with E-state index in [4.69, 9.17) is 5.73 Å². The Labute approximate surface area is 110 Å². The molecule has 0 spiro atoms. The van der Waals surface area contributed by atoms with Gasteiger partial charge in [-0.25, -0.2) is 0 Å². The quantitative estimate of drug-likeness (QED) is 0.818. The normalized spacial score (nSPS) is 28.6. The number of nitrogens with zero attached hydrogens (tertiary/aromatic N) is 2. The summed E-state index contributed by atoms with van der Waals surface area (Å²) >= 11 is 0. The Morgan fingerprint density at radius 2 is 2.11 bits per heavy atom. The zero-order valence-corrected chi connectivity index (χ0v) is 11.8. The second-order valence-electron chi connectivity index (χ2n) is 5.88. The maximum absolute atomic E-state index is 12.4. The monoisotopic (exact) mass is 253 g/mol. The Morgan fingerprint density at radius 1 is 1.33 bits per heavy atom. The van der Waals surface area contributed by atoms with E-state index in [1.165, 1.54) is 25.8 Å². The zero-order chi connectivity index (χ0) is 13.1. The Kier molecular flexibility index (Phi) is 4.62. The van der Waals surface area contributed by atoms with Crippen LogP contribution in [0, 0.1) is 5.92 Å². The number of rotatable bonds is 3. The molecule has 0 saturated carbocycles. The molecule has 0 aliphatic carbocycles. The summed E-state index contributed by atoms with van der Waals surface area (Å²) in [7, 11) is 0. The van der Waals surface area contributed by atoms with Gasteiger partial charge in [0.15, 0.2) is 0 Å². The van der Waals surface area contributed by atoms with E-state index in [0.29, 0.717) is 6.04 Å². The highest BCUT2D eigenvalue weighted by Gasteiger charge is 2.33. The molecule has 2 N–H and O–H groups in total. The SMILES string of the molecule is CCC(C)[C@H](N)C(=O)N1CCN2CCCCC2C1. The Hall–Kier alpha value is -0.610. The minimum absolute atomic E-state index is 0.162. The molecule has 2 unspecified atom stereocenters. The second kappa shape index (κ2) is 6.02. The molecule has 104 valence electrons. The van der Waals surface area contributed by atoms with Gasteiger partial charge in [-0.3, -0.25) is 9.69 Å². The predicted molar refractivity (Wildman–Crippen MR) is 73.2 cm³/mol. The van der Waals surface area contributed by atoms with Crippen molar-refractivity contribution < 1.29 is 4.79 Å². The molecule has 2 saturated heterocycles. The van der Waals surface area contributed by atoms with Crippen LogP contribution >= 0.6 is 0 Å². The first-order chi connectivity index (χ1) is 8.63. The highest BCUT2D eigenvalue weighted by Crippen LogP contribution is 2.22. The Balaban J connectivity index is 1.92. The lowest BCUT2D eigenvalue weighted by atomic mass is 9.96. The first kappa shape index (κ1) is 13.8. The highest BCUT2D eigenvalue weighted by molar-refractivity contribution is 5.82. The van der Waals surface area contributed by atoms with Crippen LogP contribution in [-0.2, 0) is 4.79 Å². The van der Waals surface area contributed by atoms with Crippen LogP contribution in [0.1, 0.15) is 39.5 Å². The molecule has 4 nitrogen and oxygen atoms in total. The maximum Gasteiger partial charge on any atom is 0.239 e. The van der Waals surface area contributed by atoms with Crippen LogP contribution in [0.15, 0.2) is 0 Å². The van der Waals surface area contributed by atoms with Crippen molar-refractivity contribution in [1.82, 2.24) is 9.80 Å². The van der Waals surface area contributed by atoms with Crippen LogP contribution in [0.4, 0.5) is 0 Å². The van der Waals surface area contributed by atoms with Gasteiger partial charge in [-0.2, -0.15) is 0 Å². The molecule has 18 heavy (non-hydrogen) atoms. The van der Waals surface area contributed by atoms with Crippen molar-refractivity contribution in [3.8, 4) is 0 Å². The van der Waals surface area contributed by atoms with Crippen molar-refractivity contribution in [3.63, 3.8) is 0 Å². The number of hydrogen-bond donors (Lipinski definition) is 1. The molecular formula is C14H27N3O. The lowest BCUT2D eigenvalue weighted by molar-refractivity contribution is -0.137. The van der Waals surface area contributed by atoms with Gasteiger partial charge in [0.1, 0.15) is 0 Å². The smallest absolute Gasteiger partial charge is 0.239 e. The fourth-order valence-electron chi connectivity index (χ4n) is 3.06. The van der Waals surface area contributed by atoms with E-state index in [-0.39, 0.29) is 17.9 Å². The van der Waals surface area contributed by atoms with Gasteiger partial charge in [0, 0.05) is 25.7 Å². The lowest BCUT2D eigenvalue weighted by Crippen LogP contribution is -2.59. The van der Waals surface area contributed by atoms with Crippen LogP contribution in [0.3, 0.4) is 0 Å². The van der Waals surface area contributed by atoms with Gasteiger partial charge in [-0.15, -0.1) is 0 Å². The van der Waals surface area contributed by atoms with E-state index < -0.39 is 0 Å². The first-order valence-electron chi connectivity index (χ1n) is 7.42. The number of carbonyl (C=O) groups is 1. The van der Waals surface area contributed by atoms with Gasteiger partial charge >= 0.3 is 0 Å². The van der Waals surface area contributed by atoms with Crippen LogP contribution in [0.5, 0.6) is 0 Å². The van der Waals surface area contributed by atoms with Crippen molar-refractivity contribution >= 4 is 5.91 Å². The topological polar surface area (TPSA) is 49.6 Å². The van der Waals surface area contributed by atoms with Crippen LogP contribution in [-0.4, -0.2) is 54.0 Å². The van der Waals surface area contributed by atoms with Crippen molar-refractivity contribution in [2.75, 3.05) is 26.2 Å². The van der Waals surface area contributed by atoms with E-state index in [2.05, 4.69) is 18.7 Å². The number of amides is 1. The number of hydrogen-bond acceptors (Lipinski definition) is 3. The van der Waals surface area contributed by atoms with Crippen molar-refractivity contribution in [2.24, 2.45) is 11.7 Å². The fourth-order valence-corrected chi connectivity index (χ4v) is 3.06. The molecule has 2 aliphatic heterocycles. The molecule has 2 aliphatic rings. The van der Waals surface area contributed by atoms with E-state index in [1.54, 1.807) is 0 Å². The molecule has 2 heterocycles. The van der Waals surface area contributed by atoms with Gasteiger partial charge in [0.25, 0.3) is 0 Å². The Bertz CT molecular complexity index is 295. The molecule has 0 radical (unpaired) electrons. The summed E-state index contributed by atoms with van der Waals surface area (Å²) in [5, 5.41) is 0. The molecule has 0 aromatic rings. The molecule has 0 aromatic carbocycles. The number of nitrogens with two attached hydrogens (primary N) is 1. The fraction of sp³-hybridized carbons (Fsp3) is 0.929. The van der Waals surface area contributed by atoms with Gasteiger partial charge in [0.05, 0.1) is 6.04 Å². The average molecular weight is 253 g/mol. The number of carbonyl (C=O) groups excluding carboxylic acids is 1. The van der Waals surface area contributed by atoms with Crippen molar-refractivity contribution in [3.05, 3.63) is 0 Å². The molecule has 1 amide bonds. The minimum Gasteiger partial charge on any atom is -0.338 e. The van der Waals surface area contributed by atoms with Crippen LogP contribution in [0.2, 0.25) is 0 Å². The van der Waals surface area contributed by atoms with E-state index in [1.807, 2.05) is 4.90 Å². The molecule has 0 aromatic heterocycles. The molecular weight excluding hydrogens is 226 g/mol. The summed E-state index contributed by atoms with van der Waals surface area (Å²) in [6.07, 6.45) is 4.83. The van der Waals surface area contributed by atoms with Gasteiger partial charge < -0.3 is 10.6 Å². The number of piperidine rings is 1.